The summed E-state index contributed by atoms with van der Waals surface area (Å²) >= 11 is 0. The van der Waals surface area contributed by atoms with E-state index in [9.17, 15) is 18.0 Å². The van der Waals surface area contributed by atoms with E-state index in [1.165, 1.54) is 32.0 Å². The van der Waals surface area contributed by atoms with Gasteiger partial charge in [-0.25, -0.2) is 18.5 Å². The Bertz CT molecular complexity index is 709. The van der Waals surface area contributed by atoms with Crippen LogP contribution in [0.15, 0.2) is 53.5 Å². The first-order valence-corrected chi connectivity index (χ1v) is 7.43. The van der Waals surface area contributed by atoms with E-state index in [-0.39, 0.29) is 21.7 Å². The lowest BCUT2D eigenvalue weighted by molar-refractivity contribution is -0.122. The predicted octanol–water partition coefficient (Wildman–Crippen LogP) is 1.35. The average molecular weight is 308 g/mol. The number of hydrogen-bond acceptors (Lipinski definition) is 4. The van der Waals surface area contributed by atoms with Gasteiger partial charge in [-0.1, -0.05) is 19.2 Å². The van der Waals surface area contributed by atoms with Crippen molar-refractivity contribution in [1.82, 2.24) is 0 Å². The first-order chi connectivity index (χ1) is 9.55. The zero-order valence-corrected chi connectivity index (χ0v) is 12.6. The number of anilines is 1. The van der Waals surface area contributed by atoms with Crippen LogP contribution in [0.25, 0.3) is 0 Å². The molecule has 0 heterocycles. The molecule has 0 saturated heterocycles. The molecule has 6 nitrogen and oxygen atoms in total. The molecule has 0 atom stereocenters. The van der Waals surface area contributed by atoms with Gasteiger partial charge in [0, 0.05) is 11.1 Å². The largest absolute Gasteiger partial charge is 0.269 e. The van der Waals surface area contributed by atoms with Crippen molar-refractivity contribution in [2.24, 2.45) is 5.14 Å². The molecular weight excluding hydrogens is 292 g/mol. The Kier molecular flexibility index (Phi) is 4.82. The standard InChI is InChI=1S/C14H16N2O4S/c1-9(2)13(17)16(14(18)10(3)4)11-6-5-7-12(8-11)21(15,19)20/h5-8H,1,3H2,2,4H3,(H2,15,19,20). The van der Waals surface area contributed by atoms with Gasteiger partial charge in [-0.15, -0.1) is 0 Å². The summed E-state index contributed by atoms with van der Waals surface area (Å²) in [4.78, 5) is 24.9. The normalized spacial score (nSPS) is 10.8. The first-order valence-electron chi connectivity index (χ1n) is 5.88. The van der Waals surface area contributed by atoms with Gasteiger partial charge < -0.3 is 0 Å². The quantitative estimate of drug-likeness (QED) is 0.849. The third-order valence-corrected chi connectivity index (χ3v) is 3.45. The molecule has 1 aromatic rings. The third kappa shape index (κ3) is 3.87. The fourth-order valence-electron chi connectivity index (χ4n) is 1.51. The van der Waals surface area contributed by atoms with Crippen molar-refractivity contribution in [3.05, 3.63) is 48.6 Å². The van der Waals surface area contributed by atoms with Gasteiger partial charge in [0.1, 0.15) is 0 Å². The summed E-state index contributed by atoms with van der Waals surface area (Å²) in [7, 11) is -3.94. The summed E-state index contributed by atoms with van der Waals surface area (Å²) in [6, 6.07) is 5.24. The molecule has 1 aromatic carbocycles. The number of nitrogens with zero attached hydrogens (tertiary/aromatic N) is 1. The van der Waals surface area contributed by atoms with E-state index < -0.39 is 21.8 Å². The van der Waals surface area contributed by atoms with Gasteiger partial charge >= 0.3 is 0 Å². The fourth-order valence-corrected chi connectivity index (χ4v) is 2.06. The lowest BCUT2D eigenvalue weighted by Gasteiger charge is -2.21. The Labute approximate surface area is 123 Å². The van der Waals surface area contributed by atoms with Gasteiger partial charge in [-0.2, -0.15) is 0 Å². The lowest BCUT2D eigenvalue weighted by atomic mass is 10.2. The molecule has 0 spiro atoms. The molecule has 0 unspecified atom stereocenters. The summed E-state index contributed by atoms with van der Waals surface area (Å²) in [5.41, 5.74) is 0.346. The fraction of sp³-hybridized carbons (Fsp3) is 0.143. The summed E-state index contributed by atoms with van der Waals surface area (Å²) in [5, 5.41) is 5.05. The predicted molar refractivity (Wildman–Crippen MR) is 79.9 cm³/mol. The van der Waals surface area contributed by atoms with Gasteiger partial charge in [-0.3, -0.25) is 9.59 Å². The molecule has 0 aliphatic rings. The summed E-state index contributed by atoms with van der Waals surface area (Å²) < 4.78 is 22.7. The second-order valence-corrected chi connectivity index (χ2v) is 6.11. The van der Waals surface area contributed by atoms with E-state index in [1.54, 1.807) is 0 Å². The van der Waals surface area contributed by atoms with Gasteiger partial charge in [0.25, 0.3) is 11.8 Å². The summed E-state index contributed by atoms with van der Waals surface area (Å²) in [6.07, 6.45) is 0. The van der Waals surface area contributed by atoms with Crippen LogP contribution in [0.2, 0.25) is 0 Å². The van der Waals surface area contributed by atoms with E-state index in [2.05, 4.69) is 13.2 Å². The van der Waals surface area contributed by atoms with Crippen molar-refractivity contribution in [3.63, 3.8) is 0 Å². The second-order valence-electron chi connectivity index (χ2n) is 4.55. The van der Waals surface area contributed by atoms with Crippen LogP contribution in [-0.4, -0.2) is 20.2 Å². The topological polar surface area (TPSA) is 97.5 Å². The van der Waals surface area contributed by atoms with Gasteiger partial charge in [0.15, 0.2) is 0 Å². The monoisotopic (exact) mass is 308 g/mol. The highest BCUT2D eigenvalue weighted by Gasteiger charge is 2.25. The van der Waals surface area contributed by atoms with Crippen LogP contribution in [0.4, 0.5) is 5.69 Å². The van der Waals surface area contributed by atoms with E-state index in [4.69, 9.17) is 5.14 Å². The van der Waals surface area contributed by atoms with Crippen LogP contribution < -0.4 is 10.0 Å². The second kappa shape index (κ2) is 6.02. The number of rotatable bonds is 4. The minimum atomic E-state index is -3.94. The van der Waals surface area contributed by atoms with Crippen molar-refractivity contribution in [3.8, 4) is 0 Å². The number of amides is 2. The minimum absolute atomic E-state index is 0.0857. The van der Waals surface area contributed by atoms with Crippen LogP contribution in [0.1, 0.15) is 13.8 Å². The van der Waals surface area contributed by atoms with Crippen molar-refractivity contribution in [2.45, 2.75) is 18.7 Å². The molecule has 21 heavy (non-hydrogen) atoms. The molecule has 0 aromatic heterocycles. The van der Waals surface area contributed by atoms with Crippen molar-refractivity contribution < 1.29 is 18.0 Å². The third-order valence-electron chi connectivity index (χ3n) is 2.54. The average Bonchev–Trinajstić information content (AvgIpc) is 2.37. The Balaban J connectivity index is 3.47. The smallest absolute Gasteiger partial charge is 0.260 e. The van der Waals surface area contributed by atoms with Crippen LogP contribution in [0, 0.1) is 0 Å². The van der Waals surface area contributed by atoms with Crippen LogP contribution in [-0.2, 0) is 19.6 Å². The Morgan fingerprint density at radius 1 is 1.10 bits per heavy atom. The maximum absolute atomic E-state index is 12.1. The van der Waals surface area contributed by atoms with Gasteiger partial charge in [-0.05, 0) is 32.0 Å². The minimum Gasteiger partial charge on any atom is -0.269 e. The number of nitrogens with two attached hydrogens (primary N) is 1. The highest BCUT2D eigenvalue weighted by Crippen LogP contribution is 2.22. The lowest BCUT2D eigenvalue weighted by Crippen LogP contribution is -2.37. The molecule has 0 radical (unpaired) electrons. The van der Waals surface area contributed by atoms with Gasteiger partial charge in [0.2, 0.25) is 10.0 Å². The number of benzene rings is 1. The molecule has 2 amide bonds. The van der Waals surface area contributed by atoms with Crippen LogP contribution in [0.5, 0.6) is 0 Å². The Morgan fingerprint density at radius 2 is 1.57 bits per heavy atom. The van der Waals surface area contributed by atoms with E-state index in [0.29, 0.717) is 0 Å². The maximum Gasteiger partial charge on any atom is 0.260 e. The van der Waals surface area contributed by atoms with E-state index in [0.717, 1.165) is 11.0 Å². The van der Waals surface area contributed by atoms with Crippen molar-refractivity contribution >= 4 is 27.5 Å². The molecule has 7 heteroatoms. The SMILES string of the molecule is C=C(C)C(=O)N(C(=O)C(=C)C)c1cccc(S(N)(=O)=O)c1. The zero-order valence-electron chi connectivity index (χ0n) is 11.8. The molecule has 2 N–H and O–H groups in total. The maximum atomic E-state index is 12.1. The summed E-state index contributed by atoms with van der Waals surface area (Å²) in [6.45, 7) is 9.89. The van der Waals surface area contributed by atoms with E-state index in [1.807, 2.05) is 0 Å². The number of imide groups is 1. The Hall–Kier alpha value is -2.25. The Morgan fingerprint density at radius 3 is 1.95 bits per heavy atom. The van der Waals surface area contributed by atoms with Crippen molar-refractivity contribution in [1.29, 1.82) is 0 Å². The molecule has 0 aliphatic carbocycles. The number of sulfonamides is 1. The number of hydrogen-bond donors (Lipinski definition) is 1. The van der Waals surface area contributed by atoms with Crippen molar-refractivity contribution in [2.75, 3.05) is 4.90 Å². The van der Waals surface area contributed by atoms with E-state index >= 15 is 0 Å². The number of carbonyl (C=O) groups is 2. The zero-order chi connectivity index (χ0) is 16.4. The summed E-state index contributed by atoms with van der Waals surface area (Å²) in [5.74, 6) is -1.29. The van der Waals surface area contributed by atoms with Gasteiger partial charge in [0.05, 0.1) is 10.6 Å². The molecule has 0 bridgehead atoms. The highest BCUT2D eigenvalue weighted by atomic mass is 32.2. The molecule has 1 rings (SSSR count). The number of carbonyl (C=O) groups excluding carboxylic acids is 2. The number of primary sulfonamides is 1. The molecular formula is C14H16N2O4S. The first kappa shape index (κ1) is 16.8. The van der Waals surface area contributed by atoms with Crippen LogP contribution in [0.3, 0.4) is 0 Å². The molecule has 112 valence electrons. The molecule has 0 aliphatic heterocycles. The highest BCUT2D eigenvalue weighted by molar-refractivity contribution is 7.89. The molecule has 0 fully saturated rings. The van der Waals surface area contributed by atoms with Crippen LogP contribution >= 0.6 is 0 Å². The molecule has 0 saturated carbocycles.